The SMILES string of the molecule is CCC(C)C(=O)N(C)CC(C)Cl. The van der Waals surface area contributed by atoms with E-state index in [0.29, 0.717) is 6.54 Å². The van der Waals surface area contributed by atoms with Crippen LogP contribution in [0, 0.1) is 5.92 Å². The molecule has 12 heavy (non-hydrogen) atoms. The van der Waals surface area contributed by atoms with Crippen molar-refractivity contribution in [3.05, 3.63) is 0 Å². The molecule has 0 aliphatic rings. The second kappa shape index (κ2) is 5.41. The van der Waals surface area contributed by atoms with E-state index in [4.69, 9.17) is 11.6 Å². The molecule has 2 nitrogen and oxygen atoms in total. The molecule has 0 heterocycles. The number of carbonyl (C=O) groups is 1. The van der Waals surface area contributed by atoms with Gasteiger partial charge in [0.05, 0.1) is 0 Å². The zero-order valence-corrected chi connectivity index (χ0v) is 9.06. The number of hydrogen-bond donors (Lipinski definition) is 0. The number of nitrogens with zero attached hydrogens (tertiary/aromatic N) is 1. The van der Waals surface area contributed by atoms with Crippen molar-refractivity contribution in [1.29, 1.82) is 0 Å². The van der Waals surface area contributed by atoms with E-state index >= 15 is 0 Å². The third-order valence-electron chi connectivity index (χ3n) is 1.94. The Balaban J connectivity index is 3.92. The summed E-state index contributed by atoms with van der Waals surface area (Å²) in [6.45, 7) is 6.48. The Hall–Kier alpha value is -0.240. The largest absolute Gasteiger partial charge is 0.344 e. The summed E-state index contributed by atoms with van der Waals surface area (Å²) in [5, 5.41) is 0.0306. The van der Waals surface area contributed by atoms with Gasteiger partial charge in [-0.15, -0.1) is 11.6 Å². The van der Waals surface area contributed by atoms with Crippen molar-refractivity contribution < 1.29 is 4.79 Å². The summed E-state index contributed by atoms with van der Waals surface area (Å²) in [7, 11) is 1.80. The normalized spacial score (nSPS) is 15.4. The maximum Gasteiger partial charge on any atom is 0.225 e. The van der Waals surface area contributed by atoms with Gasteiger partial charge in [-0.25, -0.2) is 0 Å². The standard InChI is InChI=1S/C9H18ClNO/c1-5-7(2)9(12)11(4)6-8(3)10/h7-8H,5-6H2,1-4H3. The van der Waals surface area contributed by atoms with Gasteiger partial charge in [-0.3, -0.25) is 4.79 Å². The van der Waals surface area contributed by atoms with E-state index in [2.05, 4.69) is 0 Å². The fraction of sp³-hybridized carbons (Fsp3) is 0.889. The number of carbonyl (C=O) groups excluding carboxylic acids is 1. The van der Waals surface area contributed by atoms with Gasteiger partial charge in [-0.2, -0.15) is 0 Å². The summed E-state index contributed by atoms with van der Waals surface area (Å²) in [5.74, 6) is 0.301. The lowest BCUT2D eigenvalue weighted by molar-refractivity contribution is -0.133. The average Bonchev–Trinajstić information content (AvgIpc) is 2.00. The fourth-order valence-electron chi connectivity index (χ4n) is 1.02. The van der Waals surface area contributed by atoms with Crippen molar-refractivity contribution in [1.82, 2.24) is 4.90 Å². The first-order chi connectivity index (χ1) is 5.49. The summed E-state index contributed by atoms with van der Waals surface area (Å²) in [5.41, 5.74) is 0. The molecule has 0 aromatic heterocycles. The first-order valence-electron chi connectivity index (χ1n) is 4.38. The highest BCUT2D eigenvalue weighted by molar-refractivity contribution is 6.20. The monoisotopic (exact) mass is 191 g/mol. The number of alkyl halides is 1. The fourth-order valence-corrected chi connectivity index (χ4v) is 1.23. The van der Waals surface area contributed by atoms with Gasteiger partial charge in [-0.05, 0) is 13.3 Å². The first kappa shape index (κ1) is 11.8. The van der Waals surface area contributed by atoms with Gasteiger partial charge >= 0.3 is 0 Å². The molecule has 0 rings (SSSR count). The van der Waals surface area contributed by atoms with Gasteiger partial charge in [0.1, 0.15) is 0 Å². The molecular weight excluding hydrogens is 174 g/mol. The molecule has 1 amide bonds. The van der Waals surface area contributed by atoms with Crippen LogP contribution in [0.25, 0.3) is 0 Å². The number of hydrogen-bond acceptors (Lipinski definition) is 1. The van der Waals surface area contributed by atoms with Crippen LogP contribution < -0.4 is 0 Å². The lowest BCUT2D eigenvalue weighted by Gasteiger charge is -2.21. The Kier molecular flexibility index (Phi) is 5.31. The van der Waals surface area contributed by atoms with E-state index in [1.165, 1.54) is 0 Å². The van der Waals surface area contributed by atoms with Crippen molar-refractivity contribution in [2.24, 2.45) is 5.92 Å². The molecule has 0 saturated carbocycles. The molecule has 0 aliphatic heterocycles. The second-order valence-corrected chi connectivity index (χ2v) is 4.05. The summed E-state index contributed by atoms with van der Waals surface area (Å²) in [6, 6.07) is 0. The molecule has 0 saturated heterocycles. The van der Waals surface area contributed by atoms with Gasteiger partial charge in [0.25, 0.3) is 0 Å². The van der Waals surface area contributed by atoms with E-state index in [1.54, 1.807) is 11.9 Å². The van der Waals surface area contributed by atoms with Gasteiger partial charge in [0, 0.05) is 24.9 Å². The zero-order valence-electron chi connectivity index (χ0n) is 8.30. The van der Waals surface area contributed by atoms with Crippen LogP contribution in [-0.4, -0.2) is 29.8 Å². The molecule has 0 bridgehead atoms. The summed E-state index contributed by atoms with van der Waals surface area (Å²) < 4.78 is 0. The van der Waals surface area contributed by atoms with Gasteiger partial charge in [-0.1, -0.05) is 13.8 Å². The van der Waals surface area contributed by atoms with E-state index in [0.717, 1.165) is 6.42 Å². The third-order valence-corrected chi connectivity index (χ3v) is 2.07. The third kappa shape index (κ3) is 3.96. The Labute approximate surface area is 79.9 Å². The van der Waals surface area contributed by atoms with Crippen molar-refractivity contribution in [2.45, 2.75) is 32.6 Å². The Morgan fingerprint density at radius 2 is 2.00 bits per heavy atom. The topological polar surface area (TPSA) is 20.3 Å². The van der Waals surface area contributed by atoms with Crippen molar-refractivity contribution >= 4 is 17.5 Å². The summed E-state index contributed by atoms with van der Waals surface area (Å²) >= 11 is 5.77. The zero-order chi connectivity index (χ0) is 9.72. The Bertz CT molecular complexity index is 147. The molecular formula is C9H18ClNO. The first-order valence-corrected chi connectivity index (χ1v) is 4.81. The molecule has 0 fully saturated rings. The quantitative estimate of drug-likeness (QED) is 0.624. The maximum absolute atomic E-state index is 11.5. The van der Waals surface area contributed by atoms with Crippen LogP contribution in [0.15, 0.2) is 0 Å². The van der Waals surface area contributed by atoms with E-state index in [1.807, 2.05) is 20.8 Å². The van der Waals surface area contributed by atoms with Gasteiger partial charge in [0.15, 0.2) is 0 Å². The lowest BCUT2D eigenvalue weighted by atomic mass is 10.1. The van der Waals surface area contributed by atoms with Gasteiger partial charge < -0.3 is 4.90 Å². The molecule has 0 aromatic rings. The Morgan fingerprint density at radius 3 is 2.33 bits per heavy atom. The van der Waals surface area contributed by atoms with Crippen LogP contribution in [0.5, 0.6) is 0 Å². The highest BCUT2D eigenvalue weighted by Crippen LogP contribution is 2.06. The van der Waals surface area contributed by atoms with E-state index < -0.39 is 0 Å². The van der Waals surface area contributed by atoms with Crippen LogP contribution in [0.1, 0.15) is 27.2 Å². The van der Waals surface area contributed by atoms with Crippen LogP contribution in [0.4, 0.5) is 0 Å². The minimum atomic E-state index is 0.0306. The van der Waals surface area contributed by atoms with E-state index in [-0.39, 0.29) is 17.2 Å². The smallest absolute Gasteiger partial charge is 0.225 e. The van der Waals surface area contributed by atoms with Crippen LogP contribution in [-0.2, 0) is 4.79 Å². The highest BCUT2D eigenvalue weighted by Gasteiger charge is 2.16. The molecule has 0 aromatic carbocycles. The minimum Gasteiger partial charge on any atom is -0.344 e. The maximum atomic E-state index is 11.5. The van der Waals surface area contributed by atoms with Gasteiger partial charge in [0.2, 0.25) is 5.91 Å². The molecule has 2 unspecified atom stereocenters. The lowest BCUT2D eigenvalue weighted by Crippen LogP contribution is -2.35. The predicted molar refractivity (Wildman–Crippen MR) is 52.4 cm³/mol. The molecule has 3 heteroatoms. The summed E-state index contributed by atoms with van der Waals surface area (Å²) in [6.07, 6.45) is 0.889. The predicted octanol–water partition coefficient (Wildman–Crippen LogP) is 2.12. The van der Waals surface area contributed by atoms with E-state index in [9.17, 15) is 4.79 Å². The second-order valence-electron chi connectivity index (χ2n) is 3.31. The number of amides is 1. The van der Waals surface area contributed by atoms with Crippen molar-refractivity contribution in [2.75, 3.05) is 13.6 Å². The van der Waals surface area contributed by atoms with Crippen LogP contribution in [0.2, 0.25) is 0 Å². The van der Waals surface area contributed by atoms with Crippen molar-refractivity contribution in [3.8, 4) is 0 Å². The van der Waals surface area contributed by atoms with Crippen LogP contribution >= 0.6 is 11.6 Å². The molecule has 0 aliphatic carbocycles. The molecule has 0 spiro atoms. The molecule has 0 radical (unpaired) electrons. The summed E-state index contributed by atoms with van der Waals surface area (Å²) in [4.78, 5) is 13.2. The number of halogens is 1. The minimum absolute atomic E-state index is 0.0306. The Morgan fingerprint density at radius 1 is 1.50 bits per heavy atom. The number of rotatable bonds is 4. The van der Waals surface area contributed by atoms with Crippen molar-refractivity contribution in [3.63, 3.8) is 0 Å². The highest BCUT2D eigenvalue weighted by atomic mass is 35.5. The molecule has 2 atom stereocenters. The average molecular weight is 192 g/mol. The molecule has 72 valence electrons. The molecule has 0 N–H and O–H groups in total. The van der Waals surface area contributed by atoms with Crippen LogP contribution in [0.3, 0.4) is 0 Å².